The zero-order valence-corrected chi connectivity index (χ0v) is 16.9. The Kier molecular flexibility index (Phi) is 8.65. The molecule has 0 bridgehead atoms. The third-order valence-corrected chi connectivity index (χ3v) is 6.70. The van der Waals surface area contributed by atoms with Gasteiger partial charge in [0.05, 0.1) is 16.5 Å². The van der Waals surface area contributed by atoms with E-state index in [9.17, 15) is 8.42 Å². The van der Waals surface area contributed by atoms with Crippen LogP contribution in [-0.2, 0) is 16.4 Å². The minimum absolute atomic E-state index is 0.135. The summed E-state index contributed by atoms with van der Waals surface area (Å²) in [6, 6.07) is 0. The van der Waals surface area contributed by atoms with E-state index in [1.807, 2.05) is 6.92 Å². The van der Waals surface area contributed by atoms with Gasteiger partial charge >= 0.3 is 0 Å². The van der Waals surface area contributed by atoms with E-state index in [0.717, 1.165) is 36.0 Å². The van der Waals surface area contributed by atoms with Gasteiger partial charge in [0.2, 0.25) is 10.0 Å². The number of sulfonamides is 1. The average molecular weight is 376 g/mol. The lowest BCUT2D eigenvalue weighted by atomic mass is 10.4. The van der Waals surface area contributed by atoms with E-state index in [4.69, 9.17) is 0 Å². The van der Waals surface area contributed by atoms with Crippen molar-refractivity contribution >= 4 is 27.3 Å². The molecule has 0 radical (unpaired) electrons. The minimum Gasteiger partial charge on any atom is -0.356 e. The van der Waals surface area contributed by atoms with Crippen molar-refractivity contribution in [3.63, 3.8) is 0 Å². The lowest BCUT2D eigenvalue weighted by Crippen LogP contribution is -2.39. The number of aryl methyl sites for hydroxylation is 2. The molecule has 0 unspecified atom stereocenters. The van der Waals surface area contributed by atoms with Crippen LogP contribution >= 0.6 is 11.3 Å². The zero-order chi connectivity index (χ0) is 18.2. The van der Waals surface area contributed by atoms with Crippen LogP contribution in [0, 0.1) is 13.8 Å². The molecule has 0 aliphatic rings. The number of guanidine groups is 1. The number of nitrogens with one attached hydrogen (secondary N) is 2. The first-order chi connectivity index (χ1) is 11.3. The summed E-state index contributed by atoms with van der Waals surface area (Å²) in [4.78, 5) is 9.95. The van der Waals surface area contributed by atoms with Gasteiger partial charge in [-0.2, -0.15) is 0 Å². The van der Waals surface area contributed by atoms with Crippen molar-refractivity contribution in [2.24, 2.45) is 4.99 Å². The first-order valence-corrected chi connectivity index (χ1v) is 10.5. The van der Waals surface area contributed by atoms with Crippen molar-refractivity contribution in [1.29, 1.82) is 0 Å². The highest BCUT2D eigenvalue weighted by molar-refractivity contribution is 7.89. The van der Waals surface area contributed by atoms with Gasteiger partial charge in [0.25, 0.3) is 0 Å². The Bertz CT molecular complexity index is 621. The number of thiazole rings is 1. The van der Waals surface area contributed by atoms with Crippen molar-refractivity contribution in [3.05, 3.63) is 15.6 Å². The van der Waals surface area contributed by atoms with Gasteiger partial charge in [-0.25, -0.2) is 17.7 Å². The first-order valence-electron chi connectivity index (χ1n) is 8.11. The molecule has 1 heterocycles. The fourth-order valence-electron chi connectivity index (χ4n) is 2.02. The number of hydrogen-bond acceptors (Lipinski definition) is 5. The highest BCUT2D eigenvalue weighted by atomic mass is 32.2. The van der Waals surface area contributed by atoms with Crippen LogP contribution in [0.3, 0.4) is 0 Å². The standard InChI is InChI=1S/C15H29N5O2S2/c1-6-24(21,22)20(5)11-7-9-17-15(16-4)18-10-8-14-19-12(2)13(3)23-14/h6-11H2,1-5H3,(H2,16,17,18). The maximum atomic E-state index is 11.6. The van der Waals surface area contributed by atoms with Gasteiger partial charge < -0.3 is 10.6 Å². The molecule has 1 rings (SSSR count). The third-order valence-electron chi connectivity index (χ3n) is 3.71. The third kappa shape index (κ3) is 6.74. The second-order valence-electron chi connectivity index (χ2n) is 5.50. The second-order valence-corrected chi connectivity index (χ2v) is 9.15. The van der Waals surface area contributed by atoms with Crippen molar-refractivity contribution < 1.29 is 8.42 Å². The van der Waals surface area contributed by atoms with Crippen LogP contribution in [0.4, 0.5) is 0 Å². The minimum atomic E-state index is -3.10. The van der Waals surface area contributed by atoms with Crippen LogP contribution in [-0.4, -0.2) is 63.1 Å². The van der Waals surface area contributed by atoms with Gasteiger partial charge in [-0.3, -0.25) is 4.99 Å². The monoisotopic (exact) mass is 375 g/mol. The molecule has 0 amide bonds. The molecular formula is C15H29N5O2S2. The fraction of sp³-hybridized carbons (Fsp3) is 0.733. The number of nitrogens with zero attached hydrogens (tertiary/aromatic N) is 3. The molecule has 1 aromatic rings. The van der Waals surface area contributed by atoms with E-state index < -0.39 is 10.0 Å². The SMILES string of the molecule is CCS(=O)(=O)N(C)CCCNC(=NC)NCCc1nc(C)c(C)s1. The van der Waals surface area contributed by atoms with Crippen LogP contribution in [0.2, 0.25) is 0 Å². The summed E-state index contributed by atoms with van der Waals surface area (Å²) in [6.45, 7) is 7.69. The normalized spacial score (nSPS) is 12.7. The molecule has 7 nitrogen and oxygen atoms in total. The van der Waals surface area contributed by atoms with E-state index >= 15 is 0 Å². The van der Waals surface area contributed by atoms with Crippen LogP contribution in [0.15, 0.2) is 4.99 Å². The fourth-order valence-corrected chi connectivity index (χ4v) is 3.80. The zero-order valence-electron chi connectivity index (χ0n) is 15.2. The van der Waals surface area contributed by atoms with E-state index in [1.54, 1.807) is 32.4 Å². The van der Waals surface area contributed by atoms with Crippen LogP contribution in [0.1, 0.15) is 28.9 Å². The molecular weight excluding hydrogens is 346 g/mol. The Labute approximate surface area is 149 Å². The quantitative estimate of drug-likeness (QED) is 0.384. The maximum Gasteiger partial charge on any atom is 0.213 e. The van der Waals surface area contributed by atoms with Crippen LogP contribution in [0.5, 0.6) is 0 Å². The molecule has 138 valence electrons. The summed E-state index contributed by atoms with van der Waals surface area (Å²) in [5.74, 6) is 0.858. The summed E-state index contributed by atoms with van der Waals surface area (Å²) >= 11 is 1.73. The number of aromatic nitrogens is 1. The lowest BCUT2D eigenvalue weighted by Gasteiger charge is -2.16. The van der Waals surface area contributed by atoms with Gasteiger partial charge in [-0.1, -0.05) is 0 Å². The van der Waals surface area contributed by atoms with E-state index in [0.29, 0.717) is 13.1 Å². The highest BCUT2D eigenvalue weighted by Gasteiger charge is 2.13. The molecule has 0 saturated carbocycles. The summed E-state index contributed by atoms with van der Waals surface area (Å²) in [5.41, 5.74) is 1.10. The van der Waals surface area contributed by atoms with Crippen LogP contribution in [0.25, 0.3) is 0 Å². The second kappa shape index (κ2) is 9.95. The molecule has 2 N–H and O–H groups in total. The van der Waals surface area contributed by atoms with Crippen molar-refractivity contribution in [2.75, 3.05) is 39.5 Å². The highest BCUT2D eigenvalue weighted by Crippen LogP contribution is 2.16. The molecule has 0 fully saturated rings. The molecule has 9 heteroatoms. The molecule has 0 aromatic carbocycles. The predicted octanol–water partition coefficient (Wildman–Crippen LogP) is 1.14. The van der Waals surface area contributed by atoms with Gasteiger partial charge in [-0.05, 0) is 27.2 Å². The Morgan fingerprint density at radius 1 is 1.29 bits per heavy atom. The van der Waals surface area contributed by atoms with Gasteiger partial charge in [-0.15, -0.1) is 11.3 Å². The summed E-state index contributed by atoms with van der Waals surface area (Å²) in [5, 5.41) is 7.57. The summed E-state index contributed by atoms with van der Waals surface area (Å²) in [7, 11) is 0.241. The van der Waals surface area contributed by atoms with Crippen LogP contribution < -0.4 is 10.6 Å². The van der Waals surface area contributed by atoms with Gasteiger partial charge in [0.1, 0.15) is 0 Å². The topological polar surface area (TPSA) is 86.7 Å². The lowest BCUT2D eigenvalue weighted by molar-refractivity contribution is 0.461. The first kappa shape index (κ1) is 20.9. The van der Waals surface area contributed by atoms with E-state index in [-0.39, 0.29) is 5.75 Å². The van der Waals surface area contributed by atoms with E-state index in [2.05, 4.69) is 27.5 Å². The molecule has 24 heavy (non-hydrogen) atoms. The smallest absolute Gasteiger partial charge is 0.213 e. The van der Waals surface area contributed by atoms with Crippen molar-refractivity contribution in [1.82, 2.24) is 19.9 Å². The predicted molar refractivity (Wildman–Crippen MR) is 101 cm³/mol. The molecule has 0 aliphatic carbocycles. The number of hydrogen-bond donors (Lipinski definition) is 2. The molecule has 1 aromatic heterocycles. The molecule has 0 atom stereocenters. The molecule has 0 aliphatic heterocycles. The largest absolute Gasteiger partial charge is 0.356 e. The van der Waals surface area contributed by atoms with Gasteiger partial charge in [0.15, 0.2) is 5.96 Å². The van der Waals surface area contributed by atoms with Crippen molar-refractivity contribution in [2.45, 2.75) is 33.6 Å². The summed E-state index contributed by atoms with van der Waals surface area (Å²) in [6.07, 6.45) is 1.58. The van der Waals surface area contributed by atoms with E-state index in [1.165, 1.54) is 9.18 Å². The number of rotatable bonds is 9. The maximum absolute atomic E-state index is 11.6. The summed E-state index contributed by atoms with van der Waals surface area (Å²) < 4.78 is 24.7. The van der Waals surface area contributed by atoms with Crippen molar-refractivity contribution in [3.8, 4) is 0 Å². The molecule has 0 spiro atoms. The average Bonchev–Trinajstić information content (AvgIpc) is 2.87. The van der Waals surface area contributed by atoms with Gasteiger partial charge in [0, 0.05) is 45.0 Å². The molecule has 0 saturated heterocycles. The Morgan fingerprint density at radius 2 is 1.96 bits per heavy atom. The Hall–Kier alpha value is -1.19. The Balaban J connectivity index is 2.26. The number of aliphatic imine (C=N–C) groups is 1. The Morgan fingerprint density at radius 3 is 2.50 bits per heavy atom.